The van der Waals surface area contributed by atoms with Crippen molar-refractivity contribution in [3.63, 3.8) is 0 Å². The molecule has 0 radical (unpaired) electrons. The van der Waals surface area contributed by atoms with Crippen LogP contribution in [0.5, 0.6) is 0 Å². The molecule has 4 heterocycles. The predicted molar refractivity (Wildman–Crippen MR) is 87.8 cm³/mol. The molecule has 0 saturated carbocycles. The zero-order valence-electron chi connectivity index (χ0n) is 13.5. The van der Waals surface area contributed by atoms with Crippen molar-refractivity contribution in [1.29, 1.82) is 0 Å². The number of aliphatic hydroxyl groups is 1. The molecule has 25 heavy (non-hydrogen) atoms. The molecule has 0 fully saturated rings. The fourth-order valence-corrected chi connectivity index (χ4v) is 2.89. The van der Waals surface area contributed by atoms with Crippen molar-refractivity contribution < 1.29 is 9.63 Å². The summed E-state index contributed by atoms with van der Waals surface area (Å²) in [6.07, 6.45) is 3.45. The van der Waals surface area contributed by atoms with E-state index in [0.29, 0.717) is 11.5 Å². The van der Waals surface area contributed by atoms with Gasteiger partial charge in [-0.3, -0.25) is 8.80 Å². The average molecular weight is 335 g/mol. The van der Waals surface area contributed by atoms with Crippen LogP contribution in [0.1, 0.15) is 19.7 Å². The van der Waals surface area contributed by atoms with E-state index in [9.17, 15) is 5.11 Å². The molecule has 0 amide bonds. The van der Waals surface area contributed by atoms with E-state index in [4.69, 9.17) is 4.52 Å². The Morgan fingerprint density at radius 1 is 1.16 bits per heavy atom. The number of fused-ring (bicyclic) bond motifs is 6. The van der Waals surface area contributed by atoms with Gasteiger partial charge in [0.2, 0.25) is 11.6 Å². The lowest BCUT2D eigenvalue weighted by atomic mass is 10.1. The normalized spacial score (nSPS) is 12.6. The van der Waals surface area contributed by atoms with Crippen LogP contribution in [0.4, 0.5) is 0 Å². The van der Waals surface area contributed by atoms with Gasteiger partial charge in [0.05, 0.1) is 11.7 Å². The predicted octanol–water partition coefficient (Wildman–Crippen LogP) is 1.81. The molecule has 0 saturated heterocycles. The average Bonchev–Trinajstić information content (AvgIpc) is 3.31. The first-order valence-corrected chi connectivity index (χ1v) is 7.69. The molecule has 0 unspecified atom stereocenters. The smallest absolute Gasteiger partial charge is 0.296 e. The summed E-state index contributed by atoms with van der Waals surface area (Å²) in [6, 6.07) is 7.87. The van der Waals surface area contributed by atoms with E-state index in [-0.39, 0.29) is 11.7 Å². The summed E-state index contributed by atoms with van der Waals surface area (Å²) >= 11 is 0. The lowest BCUT2D eigenvalue weighted by Gasteiger charge is -2.09. The SMILES string of the molecule is CC(C)(O)c1noc(-c2nnc3c4ccccc4n4cncc4n23)n1. The van der Waals surface area contributed by atoms with Crippen molar-refractivity contribution in [3.05, 3.63) is 42.6 Å². The first-order valence-electron chi connectivity index (χ1n) is 7.69. The van der Waals surface area contributed by atoms with Gasteiger partial charge >= 0.3 is 0 Å². The van der Waals surface area contributed by atoms with Crippen molar-refractivity contribution in [2.75, 3.05) is 0 Å². The lowest BCUT2D eigenvalue weighted by Crippen LogP contribution is -2.17. The first-order chi connectivity index (χ1) is 12.0. The first kappa shape index (κ1) is 14.1. The second-order valence-corrected chi connectivity index (χ2v) is 6.30. The number of hydrogen-bond acceptors (Lipinski definition) is 7. The number of benzene rings is 1. The van der Waals surface area contributed by atoms with Crippen LogP contribution in [0.25, 0.3) is 33.9 Å². The highest BCUT2D eigenvalue weighted by molar-refractivity contribution is 5.94. The van der Waals surface area contributed by atoms with Gasteiger partial charge in [0.1, 0.15) is 17.6 Å². The summed E-state index contributed by atoms with van der Waals surface area (Å²) in [5.41, 5.74) is 1.21. The van der Waals surface area contributed by atoms with Crippen molar-refractivity contribution in [2.24, 2.45) is 0 Å². The molecule has 9 heteroatoms. The number of rotatable bonds is 2. The molecule has 0 atom stereocenters. The molecular formula is C16H13N7O2. The molecule has 9 nitrogen and oxygen atoms in total. The van der Waals surface area contributed by atoms with Gasteiger partial charge in [0, 0.05) is 5.39 Å². The Bertz CT molecular complexity index is 1240. The maximum Gasteiger partial charge on any atom is 0.296 e. The molecular weight excluding hydrogens is 322 g/mol. The van der Waals surface area contributed by atoms with Gasteiger partial charge in [-0.2, -0.15) is 4.98 Å². The van der Waals surface area contributed by atoms with Crippen molar-refractivity contribution >= 4 is 22.2 Å². The van der Waals surface area contributed by atoms with Crippen LogP contribution >= 0.6 is 0 Å². The fourth-order valence-electron chi connectivity index (χ4n) is 2.89. The largest absolute Gasteiger partial charge is 0.382 e. The van der Waals surface area contributed by atoms with E-state index in [1.807, 2.05) is 33.1 Å². The Kier molecular flexibility index (Phi) is 2.59. The van der Waals surface area contributed by atoms with Gasteiger partial charge < -0.3 is 9.63 Å². The van der Waals surface area contributed by atoms with Crippen LogP contribution in [0.2, 0.25) is 0 Å². The van der Waals surface area contributed by atoms with E-state index >= 15 is 0 Å². The third-order valence-electron chi connectivity index (χ3n) is 4.08. The van der Waals surface area contributed by atoms with Crippen LogP contribution < -0.4 is 0 Å². The number of aromatic nitrogens is 7. The molecule has 5 rings (SSSR count). The zero-order chi connectivity index (χ0) is 17.2. The standard InChI is InChI=1S/C16H13N7O2/c1-16(2,24)15-18-14(25-21-15)13-20-19-12-9-5-3-4-6-10(9)22-8-17-7-11(22)23(12)13/h3-8,24H,1-2H3. The van der Waals surface area contributed by atoms with Crippen molar-refractivity contribution in [3.8, 4) is 11.7 Å². The topological polar surface area (TPSA) is 107 Å². The van der Waals surface area contributed by atoms with Crippen LogP contribution in [-0.2, 0) is 5.60 Å². The van der Waals surface area contributed by atoms with E-state index in [2.05, 4.69) is 25.3 Å². The molecule has 0 aliphatic rings. The Balaban J connectivity index is 1.88. The summed E-state index contributed by atoms with van der Waals surface area (Å²) in [5.74, 6) is 0.766. The van der Waals surface area contributed by atoms with E-state index in [1.165, 1.54) is 0 Å². The van der Waals surface area contributed by atoms with Crippen LogP contribution in [0.15, 0.2) is 41.3 Å². The summed E-state index contributed by atoms with van der Waals surface area (Å²) in [4.78, 5) is 8.50. The van der Waals surface area contributed by atoms with Gasteiger partial charge in [0.15, 0.2) is 5.65 Å². The number of hydrogen-bond donors (Lipinski definition) is 1. The van der Waals surface area contributed by atoms with Gasteiger partial charge in [0.25, 0.3) is 5.89 Å². The van der Waals surface area contributed by atoms with E-state index in [1.54, 1.807) is 26.4 Å². The van der Waals surface area contributed by atoms with Gasteiger partial charge in [-0.1, -0.05) is 17.3 Å². The van der Waals surface area contributed by atoms with Gasteiger partial charge in [-0.15, -0.1) is 10.2 Å². The van der Waals surface area contributed by atoms with Crippen LogP contribution in [0, 0.1) is 0 Å². The molecule has 5 aromatic rings. The Morgan fingerprint density at radius 3 is 2.80 bits per heavy atom. The molecule has 4 aromatic heterocycles. The van der Waals surface area contributed by atoms with E-state index < -0.39 is 5.60 Å². The molecule has 1 N–H and O–H groups in total. The number of para-hydroxylation sites is 1. The zero-order valence-corrected chi connectivity index (χ0v) is 13.5. The lowest BCUT2D eigenvalue weighted by molar-refractivity contribution is 0.0661. The molecule has 0 bridgehead atoms. The third-order valence-corrected chi connectivity index (χ3v) is 4.08. The highest BCUT2D eigenvalue weighted by Crippen LogP contribution is 2.27. The molecule has 124 valence electrons. The summed E-state index contributed by atoms with van der Waals surface area (Å²) in [5, 5.41) is 23.4. The molecule has 0 aliphatic heterocycles. The summed E-state index contributed by atoms with van der Waals surface area (Å²) in [6.45, 7) is 3.18. The minimum Gasteiger partial charge on any atom is -0.382 e. The van der Waals surface area contributed by atoms with Crippen LogP contribution in [0.3, 0.4) is 0 Å². The quantitative estimate of drug-likeness (QED) is 0.524. The van der Waals surface area contributed by atoms with Crippen molar-refractivity contribution in [1.82, 2.24) is 34.1 Å². The fraction of sp³-hybridized carbons (Fsp3) is 0.188. The second kappa shape index (κ2) is 4.61. The maximum absolute atomic E-state index is 10.1. The highest BCUT2D eigenvalue weighted by Gasteiger charge is 2.26. The Morgan fingerprint density at radius 2 is 2.00 bits per heavy atom. The third kappa shape index (κ3) is 1.89. The van der Waals surface area contributed by atoms with Crippen LogP contribution in [-0.4, -0.2) is 39.2 Å². The maximum atomic E-state index is 10.1. The minimum atomic E-state index is -1.21. The Labute approximate surface area is 140 Å². The number of imidazole rings is 1. The summed E-state index contributed by atoms with van der Waals surface area (Å²) < 4.78 is 9.07. The molecule has 0 spiro atoms. The second-order valence-electron chi connectivity index (χ2n) is 6.30. The highest BCUT2D eigenvalue weighted by atomic mass is 16.5. The number of nitrogens with zero attached hydrogens (tertiary/aromatic N) is 7. The molecule has 1 aromatic carbocycles. The summed E-state index contributed by atoms with van der Waals surface area (Å²) in [7, 11) is 0. The van der Waals surface area contributed by atoms with Gasteiger partial charge in [-0.05, 0) is 26.0 Å². The Hall–Kier alpha value is -3.33. The minimum absolute atomic E-state index is 0.183. The van der Waals surface area contributed by atoms with E-state index in [0.717, 1.165) is 16.6 Å². The van der Waals surface area contributed by atoms with Gasteiger partial charge in [-0.25, -0.2) is 4.98 Å². The molecule has 0 aliphatic carbocycles. The monoisotopic (exact) mass is 335 g/mol. The van der Waals surface area contributed by atoms with Crippen molar-refractivity contribution in [2.45, 2.75) is 19.4 Å².